The summed E-state index contributed by atoms with van der Waals surface area (Å²) >= 11 is 2.97. The van der Waals surface area contributed by atoms with Gasteiger partial charge in [-0.1, -0.05) is 0 Å². The van der Waals surface area contributed by atoms with Crippen LogP contribution in [0.2, 0.25) is 0 Å². The molecule has 0 atom stereocenters. The molecule has 0 spiro atoms. The molecule has 0 bridgehead atoms. The van der Waals surface area contributed by atoms with Crippen LogP contribution in [0.15, 0.2) is 10.5 Å². The first-order valence-electron chi connectivity index (χ1n) is 4.41. The smallest absolute Gasteiger partial charge is 0.341 e. The molecule has 0 aliphatic heterocycles. The Balaban J connectivity index is 3.28. The highest BCUT2D eigenvalue weighted by Gasteiger charge is 2.22. The van der Waals surface area contributed by atoms with Crippen LogP contribution in [0, 0.1) is 11.6 Å². The minimum atomic E-state index is -1.28. The summed E-state index contributed by atoms with van der Waals surface area (Å²) in [5.74, 6) is -3.70. The van der Waals surface area contributed by atoms with Crippen LogP contribution in [-0.2, 0) is 4.74 Å². The molecule has 0 amide bonds. The molecule has 16 heavy (non-hydrogen) atoms. The SMILES string of the molecule is CCOC(=O)c1cc(Br)c(OC)c(F)c1F. The number of methoxy groups -OCH3 is 1. The van der Waals surface area contributed by atoms with Crippen LogP contribution in [0.1, 0.15) is 17.3 Å². The molecule has 0 heterocycles. The molecule has 0 aromatic heterocycles. The van der Waals surface area contributed by atoms with Gasteiger partial charge in [0, 0.05) is 0 Å². The maximum Gasteiger partial charge on any atom is 0.341 e. The standard InChI is InChI=1S/C10H9BrF2O3/c1-3-16-10(14)5-4-6(11)9(15-2)8(13)7(5)12/h4H,3H2,1-2H3. The van der Waals surface area contributed by atoms with Crippen molar-refractivity contribution in [2.75, 3.05) is 13.7 Å². The molecule has 1 rings (SSSR count). The Bertz CT molecular complexity index is 421. The van der Waals surface area contributed by atoms with Gasteiger partial charge in [0.25, 0.3) is 0 Å². The molecule has 0 saturated carbocycles. The number of carbonyl (C=O) groups excluding carboxylic acids is 1. The lowest BCUT2D eigenvalue weighted by atomic mass is 10.2. The fraction of sp³-hybridized carbons (Fsp3) is 0.300. The van der Waals surface area contributed by atoms with Gasteiger partial charge in [-0.05, 0) is 28.9 Å². The zero-order valence-corrected chi connectivity index (χ0v) is 10.2. The number of rotatable bonds is 3. The average molecular weight is 295 g/mol. The van der Waals surface area contributed by atoms with Gasteiger partial charge in [0.2, 0.25) is 5.82 Å². The minimum absolute atomic E-state index is 0.0868. The maximum atomic E-state index is 13.4. The number of hydrogen-bond acceptors (Lipinski definition) is 3. The van der Waals surface area contributed by atoms with Crippen LogP contribution in [0.4, 0.5) is 8.78 Å². The number of benzene rings is 1. The van der Waals surface area contributed by atoms with E-state index in [1.54, 1.807) is 6.92 Å². The monoisotopic (exact) mass is 294 g/mol. The molecule has 0 aliphatic rings. The van der Waals surface area contributed by atoms with E-state index in [-0.39, 0.29) is 16.8 Å². The van der Waals surface area contributed by atoms with Gasteiger partial charge in [0.1, 0.15) is 0 Å². The van der Waals surface area contributed by atoms with Gasteiger partial charge < -0.3 is 9.47 Å². The lowest BCUT2D eigenvalue weighted by Gasteiger charge is -2.09. The molecule has 0 N–H and O–H groups in total. The van der Waals surface area contributed by atoms with E-state index in [2.05, 4.69) is 25.4 Å². The summed E-state index contributed by atoms with van der Waals surface area (Å²) in [5.41, 5.74) is -0.466. The van der Waals surface area contributed by atoms with Crippen molar-refractivity contribution in [3.05, 3.63) is 27.7 Å². The molecule has 0 saturated heterocycles. The second-order valence-corrected chi connectivity index (χ2v) is 3.64. The Morgan fingerprint density at radius 2 is 2.06 bits per heavy atom. The van der Waals surface area contributed by atoms with Gasteiger partial charge in [-0.15, -0.1) is 0 Å². The highest BCUT2D eigenvalue weighted by Crippen LogP contribution is 2.32. The fourth-order valence-corrected chi connectivity index (χ4v) is 1.69. The van der Waals surface area contributed by atoms with E-state index < -0.39 is 23.2 Å². The van der Waals surface area contributed by atoms with Crippen LogP contribution < -0.4 is 4.74 Å². The van der Waals surface area contributed by atoms with Crippen LogP contribution >= 0.6 is 15.9 Å². The Labute approximate surface area is 99.5 Å². The van der Waals surface area contributed by atoms with Crippen molar-refractivity contribution in [2.45, 2.75) is 6.92 Å². The van der Waals surface area contributed by atoms with E-state index in [0.29, 0.717) is 0 Å². The Morgan fingerprint density at radius 1 is 1.44 bits per heavy atom. The normalized spacial score (nSPS) is 10.1. The van der Waals surface area contributed by atoms with E-state index in [1.807, 2.05) is 0 Å². The summed E-state index contributed by atoms with van der Waals surface area (Å²) < 4.78 is 36.2. The summed E-state index contributed by atoms with van der Waals surface area (Å²) in [4.78, 5) is 11.3. The van der Waals surface area contributed by atoms with Crippen molar-refractivity contribution in [3.63, 3.8) is 0 Å². The third kappa shape index (κ3) is 2.32. The van der Waals surface area contributed by atoms with Gasteiger partial charge in [-0.25, -0.2) is 9.18 Å². The van der Waals surface area contributed by atoms with Crippen molar-refractivity contribution in [2.24, 2.45) is 0 Å². The highest BCUT2D eigenvalue weighted by molar-refractivity contribution is 9.10. The predicted molar refractivity (Wildman–Crippen MR) is 56.6 cm³/mol. The molecule has 88 valence electrons. The van der Waals surface area contributed by atoms with Crippen LogP contribution in [0.3, 0.4) is 0 Å². The second kappa shape index (κ2) is 5.25. The van der Waals surface area contributed by atoms with Gasteiger partial charge >= 0.3 is 5.97 Å². The third-order valence-electron chi connectivity index (χ3n) is 1.82. The number of esters is 1. The average Bonchev–Trinajstić information content (AvgIpc) is 2.24. The molecule has 6 heteroatoms. The Morgan fingerprint density at radius 3 is 2.56 bits per heavy atom. The minimum Gasteiger partial charge on any atom is -0.492 e. The van der Waals surface area contributed by atoms with Crippen molar-refractivity contribution < 1.29 is 23.0 Å². The number of hydrogen-bond donors (Lipinski definition) is 0. The zero-order valence-electron chi connectivity index (χ0n) is 8.64. The summed E-state index contributed by atoms with van der Waals surface area (Å²) in [7, 11) is 1.20. The largest absolute Gasteiger partial charge is 0.492 e. The first-order valence-corrected chi connectivity index (χ1v) is 5.20. The van der Waals surface area contributed by atoms with Crippen molar-refractivity contribution in [1.29, 1.82) is 0 Å². The van der Waals surface area contributed by atoms with Gasteiger partial charge in [-0.3, -0.25) is 0 Å². The molecule has 0 unspecified atom stereocenters. The predicted octanol–water partition coefficient (Wildman–Crippen LogP) is 2.91. The van der Waals surface area contributed by atoms with E-state index in [4.69, 9.17) is 0 Å². The molecular formula is C10H9BrF2O3. The summed E-state index contributed by atoms with van der Waals surface area (Å²) in [6, 6.07) is 1.12. The molecule has 0 radical (unpaired) electrons. The lowest BCUT2D eigenvalue weighted by molar-refractivity contribution is 0.0519. The van der Waals surface area contributed by atoms with Crippen LogP contribution in [0.5, 0.6) is 5.75 Å². The van der Waals surface area contributed by atoms with Gasteiger partial charge in [-0.2, -0.15) is 4.39 Å². The molecule has 3 nitrogen and oxygen atoms in total. The van der Waals surface area contributed by atoms with Gasteiger partial charge in [0.05, 0.1) is 23.8 Å². The molecule has 0 aliphatic carbocycles. The zero-order chi connectivity index (χ0) is 12.3. The lowest BCUT2D eigenvalue weighted by Crippen LogP contribution is -2.09. The molecule has 1 aromatic carbocycles. The first-order chi connectivity index (χ1) is 7.52. The Kier molecular flexibility index (Phi) is 4.23. The quantitative estimate of drug-likeness (QED) is 0.635. The number of halogens is 3. The molecule has 0 fully saturated rings. The second-order valence-electron chi connectivity index (χ2n) is 2.79. The molecule has 1 aromatic rings. The number of carbonyl (C=O) groups is 1. The van der Waals surface area contributed by atoms with Crippen LogP contribution in [-0.4, -0.2) is 19.7 Å². The topological polar surface area (TPSA) is 35.5 Å². The van der Waals surface area contributed by atoms with Crippen LogP contribution in [0.25, 0.3) is 0 Å². The summed E-state index contributed by atoms with van der Waals surface area (Å²) in [6.07, 6.45) is 0. The first kappa shape index (κ1) is 12.9. The highest BCUT2D eigenvalue weighted by atomic mass is 79.9. The summed E-state index contributed by atoms with van der Waals surface area (Å²) in [6.45, 7) is 1.66. The van der Waals surface area contributed by atoms with Crippen molar-refractivity contribution >= 4 is 21.9 Å². The molecular weight excluding hydrogens is 286 g/mol. The van der Waals surface area contributed by atoms with E-state index in [0.717, 1.165) is 6.07 Å². The maximum absolute atomic E-state index is 13.4. The number of ether oxygens (including phenoxy) is 2. The third-order valence-corrected chi connectivity index (χ3v) is 2.41. The van der Waals surface area contributed by atoms with E-state index in [9.17, 15) is 13.6 Å². The fourth-order valence-electron chi connectivity index (χ4n) is 1.12. The van der Waals surface area contributed by atoms with Gasteiger partial charge in [0.15, 0.2) is 11.6 Å². The Hall–Kier alpha value is -1.17. The van der Waals surface area contributed by atoms with E-state index in [1.165, 1.54) is 7.11 Å². The van der Waals surface area contributed by atoms with Crippen molar-refractivity contribution in [1.82, 2.24) is 0 Å². The summed E-state index contributed by atoms with van der Waals surface area (Å²) in [5, 5.41) is 0. The van der Waals surface area contributed by atoms with Crippen molar-refractivity contribution in [3.8, 4) is 5.75 Å². The van der Waals surface area contributed by atoms with E-state index >= 15 is 0 Å².